The molecule has 0 aromatic rings. The number of hydrogen-bond donors (Lipinski definition) is 0. The monoisotopic (exact) mass is 1040 g/mol. The van der Waals surface area contributed by atoms with Crippen LogP contribution in [0.1, 0.15) is 251 Å². The first kappa shape index (κ1) is 70.2. The third kappa shape index (κ3) is 58.3. The molecule has 0 saturated heterocycles. The van der Waals surface area contributed by atoms with E-state index in [1.807, 2.05) is 21.1 Å². The fourth-order valence-electron chi connectivity index (χ4n) is 8.11. The molecule has 0 aliphatic carbocycles. The summed E-state index contributed by atoms with van der Waals surface area (Å²) < 4.78 is 34.2. The number of hydrogen-bond acceptors (Lipinski definition) is 8. The molecule has 0 bridgehead atoms. The van der Waals surface area contributed by atoms with Crippen molar-refractivity contribution in [3.05, 3.63) is 85.1 Å². The van der Waals surface area contributed by atoms with E-state index in [9.17, 15) is 19.0 Å². The van der Waals surface area contributed by atoms with Crippen LogP contribution in [0.2, 0.25) is 0 Å². The number of carbonyl (C=O) groups excluding carboxylic acids is 2. The van der Waals surface area contributed by atoms with E-state index in [1.165, 1.54) is 128 Å². The third-order valence-corrected chi connectivity index (χ3v) is 13.6. The van der Waals surface area contributed by atoms with Gasteiger partial charge in [0.05, 0.1) is 27.7 Å². The first-order valence-corrected chi connectivity index (χ1v) is 31.3. The molecule has 0 radical (unpaired) electrons. The van der Waals surface area contributed by atoms with E-state index in [-0.39, 0.29) is 32.0 Å². The molecule has 422 valence electrons. The highest BCUT2D eigenvalue weighted by atomic mass is 31.2. The number of phosphoric ester groups is 1. The summed E-state index contributed by atoms with van der Waals surface area (Å²) in [4.78, 5) is 37.9. The van der Waals surface area contributed by atoms with Crippen LogP contribution >= 0.6 is 7.82 Å². The smallest absolute Gasteiger partial charge is 0.306 e. The molecule has 0 aromatic heterocycles. The van der Waals surface area contributed by atoms with Crippen LogP contribution in [0.5, 0.6) is 0 Å². The third-order valence-electron chi connectivity index (χ3n) is 12.7. The van der Waals surface area contributed by atoms with Crippen LogP contribution in [-0.2, 0) is 32.7 Å². The largest absolute Gasteiger partial charge is 0.756 e. The zero-order chi connectivity index (χ0) is 53.5. The van der Waals surface area contributed by atoms with Gasteiger partial charge in [-0.15, -0.1) is 0 Å². The van der Waals surface area contributed by atoms with E-state index in [0.29, 0.717) is 17.4 Å². The topological polar surface area (TPSA) is 111 Å². The number of ether oxygens (including phenoxy) is 2. The van der Waals surface area contributed by atoms with E-state index in [1.54, 1.807) is 0 Å². The van der Waals surface area contributed by atoms with Crippen LogP contribution in [0, 0.1) is 0 Å². The van der Waals surface area contributed by atoms with Crippen molar-refractivity contribution in [1.82, 2.24) is 0 Å². The van der Waals surface area contributed by atoms with Crippen molar-refractivity contribution in [3.8, 4) is 0 Å². The molecule has 0 fully saturated rings. The fourth-order valence-corrected chi connectivity index (χ4v) is 8.84. The fraction of sp³-hybridized carbons (Fsp3) is 0.746. The van der Waals surface area contributed by atoms with Crippen LogP contribution in [0.4, 0.5) is 0 Å². The van der Waals surface area contributed by atoms with Crippen molar-refractivity contribution in [3.63, 3.8) is 0 Å². The molecule has 2 atom stereocenters. The van der Waals surface area contributed by atoms with Gasteiger partial charge in [-0.25, -0.2) is 0 Å². The zero-order valence-electron chi connectivity index (χ0n) is 47.8. The number of nitrogens with zero attached hydrogens (tertiary/aromatic N) is 1. The molecular formula is C63H112NO8P. The molecule has 0 aliphatic heterocycles. The van der Waals surface area contributed by atoms with Crippen molar-refractivity contribution in [2.45, 2.75) is 258 Å². The molecule has 10 heteroatoms. The Balaban J connectivity index is 4.12. The van der Waals surface area contributed by atoms with Gasteiger partial charge < -0.3 is 27.9 Å². The Morgan fingerprint density at radius 1 is 0.438 bits per heavy atom. The maximum absolute atomic E-state index is 12.8. The van der Waals surface area contributed by atoms with Crippen LogP contribution in [0.3, 0.4) is 0 Å². The summed E-state index contributed by atoms with van der Waals surface area (Å²) in [6.07, 6.45) is 72.0. The summed E-state index contributed by atoms with van der Waals surface area (Å²) in [5.74, 6) is -0.832. The number of esters is 2. The Labute approximate surface area is 450 Å². The standard InChI is InChI=1S/C63H112NO8P/c1-6-8-10-12-14-16-18-20-22-24-25-26-27-28-29-30-31-32-33-34-35-36-37-38-39-40-42-44-46-48-50-52-54-56-63(66)72-61(60-71-73(67,68)70-58-57-64(3,4)5)59-69-62(65)55-53-51-49-47-45-43-41-23-21-19-17-15-13-11-9-7-2/h8,10,14,16,20,22,25-26,28-29,31-32,34-35,61H,6-7,9,11-13,15,17-19,21,23-24,27,30,33,36-60H2,1-5H3/b10-8-,16-14-,22-20-,26-25-,29-28-,32-31-,35-34-. The number of rotatable bonds is 54. The van der Waals surface area contributed by atoms with Crippen molar-refractivity contribution in [2.24, 2.45) is 0 Å². The predicted molar refractivity (Wildman–Crippen MR) is 309 cm³/mol. The first-order valence-electron chi connectivity index (χ1n) is 29.8. The molecule has 2 unspecified atom stereocenters. The van der Waals surface area contributed by atoms with Gasteiger partial charge in [0.2, 0.25) is 0 Å². The zero-order valence-corrected chi connectivity index (χ0v) is 48.7. The van der Waals surface area contributed by atoms with Gasteiger partial charge in [0.15, 0.2) is 6.10 Å². The second-order valence-corrected chi connectivity index (χ2v) is 22.4. The van der Waals surface area contributed by atoms with Crippen LogP contribution in [0.15, 0.2) is 85.1 Å². The van der Waals surface area contributed by atoms with Crippen molar-refractivity contribution in [2.75, 3.05) is 47.5 Å². The lowest BCUT2D eigenvalue weighted by Crippen LogP contribution is -2.37. The Kier molecular flexibility index (Phi) is 51.9. The average Bonchev–Trinajstić information content (AvgIpc) is 3.35. The Hall–Kier alpha value is -2.81. The van der Waals surface area contributed by atoms with E-state index in [4.69, 9.17) is 18.5 Å². The summed E-state index contributed by atoms with van der Waals surface area (Å²) in [6, 6.07) is 0. The molecule has 0 N–H and O–H groups in total. The highest BCUT2D eigenvalue weighted by molar-refractivity contribution is 7.45. The van der Waals surface area contributed by atoms with E-state index >= 15 is 0 Å². The molecule has 0 spiro atoms. The number of carbonyl (C=O) groups is 2. The van der Waals surface area contributed by atoms with E-state index in [0.717, 1.165) is 89.9 Å². The molecule has 0 rings (SSSR count). The Bertz CT molecular complexity index is 1510. The van der Waals surface area contributed by atoms with Gasteiger partial charge in [0, 0.05) is 12.8 Å². The van der Waals surface area contributed by atoms with Gasteiger partial charge in [0.25, 0.3) is 7.82 Å². The van der Waals surface area contributed by atoms with Gasteiger partial charge in [-0.1, -0.05) is 253 Å². The molecular weight excluding hydrogens is 930 g/mol. The molecule has 0 amide bonds. The quantitative estimate of drug-likeness (QED) is 0.0195. The predicted octanol–water partition coefficient (Wildman–Crippen LogP) is 18.0. The van der Waals surface area contributed by atoms with Crippen LogP contribution in [-0.4, -0.2) is 70.0 Å². The summed E-state index contributed by atoms with van der Waals surface area (Å²) >= 11 is 0. The van der Waals surface area contributed by atoms with Gasteiger partial charge in [-0.05, 0) is 70.6 Å². The van der Waals surface area contributed by atoms with Gasteiger partial charge in [-0.3, -0.25) is 14.2 Å². The van der Waals surface area contributed by atoms with Crippen molar-refractivity contribution >= 4 is 19.8 Å². The number of quaternary nitrogens is 1. The summed E-state index contributed by atoms with van der Waals surface area (Å²) in [5, 5.41) is 0. The maximum atomic E-state index is 12.8. The molecule has 0 aromatic carbocycles. The second kappa shape index (κ2) is 54.0. The van der Waals surface area contributed by atoms with Crippen molar-refractivity contribution in [1.29, 1.82) is 0 Å². The number of phosphoric acid groups is 1. The highest BCUT2D eigenvalue weighted by Gasteiger charge is 2.22. The molecule has 9 nitrogen and oxygen atoms in total. The summed E-state index contributed by atoms with van der Waals surface area (Å²) in [6.45, 7) is 4.14. The molecule has 0 heterocycles. The minimum atomic E-state index is -4.64. The Morgan fingerprint density at radius 2 is 0.781 bits per heavy atom. The summed E-state index contributed by atoms with van der Waals surface area (Å²) in [7, 11) is 1.16. The normalized spacial score (nSPS) is 13.9. The summed E-state index contributed by atoms with van der Waals surface area (Å²) in [5.41, 5.74) is 0. The second-order valence-electron chi connectivity index (χ2n) is 21.0. The number of likely N-dealkylation sites (N-methyl/N-ethyl adjacent to an activating group) is 1. The SMILES string of the molecule is CC/C=C\C/C=C\C/C=C\C/C=C\C/C=C\C/C=C\C/C=C\CCCCCCCCCCCCCC(=O)OC(COC(=O)CCCCCCCCCCCCCCCCCC)COP(=O)([O-])OCC[N+](C)(C)C. The average molecular weight is 1040 g/mol. The number of unbranched alkanes of at least 4 members (excludes halogenated alkanes) is 26. The highest BCUT2D eigenvalue weighted by Crippen LogP contribution is 2.38. The Morgan fingerprint density at radius 3 is 1.16 bits per heavy atom. The lowest BCUT2D eigenvalue weighted by molar-refractivity contribution is -0.870. The lowest BCUT2D eigenvalue weighted by Gasteiger charge is -2.28. The van der Waals surface area contributed by atoms with Crippen LogP contribution in [0.25, 0.3) is 0 Å². The maximum Gasteiger partial charge on any atom is 0.306 e. The van der Waals surface area contributed by atoms with E-state index < -0.39 is 26.5 Å². The van der Waals surface area contributed by atoms with Gasteiger partial charge in [-0.2, -0.15) is 0 Å². The van der Waals surface area contributed by atoms with Gasteiger partial charge in [0.1, 0.15) is 19.8 Å². The number of allylic oxidation sites excluding steroid dienone is 14. The first-order chi connectivity index (χ1) is 35.5. The van der Waals surface area contributed by atoms with Crippen LogP contribution < -0.4 is 4.89 Å². The minimum Gasteiger partial charge on any atom is -0.756 e. The molecule has 73 heavy (non-hydrogen) atoms. The molecule has 0 aliphatic rings. The minimum absolute atomic E-state index is 0.0330. The van der Waals surface area contributed by atoms with Crippen molar-refractivity contribution < 1.29 is 42.1 Å². The van der Waals surface area contributed by atoms with Gasteiger partial charge >= 0.3 is 11.9 Å². The molecule has 0 saturated carbocycles. The lowest BCUT2D eigenvalue weighted by atomic mass is 10.0. The van der Waals surface area contributed by atoms with E-state index in [2.05, 4.69) is 98.9 Å².